The van der Waals surface area contributed by atoms with Crippen LogP contribution in [0.3, 0.4) is 0 Å². The van der Waals surface area contributed by atoms with Crippen molar-refractivity contribution in [1.82, 2.24) is 9.78 Å². The number of rotatable bonds is 10. The van der Waals surface area contributed by atoms with Crippen LogP contribution in [0.4, 0.5) is 5.82 Å². The smallest absolute Gasteiger partial charge is 0.225 e. The van der Waals surface area contributed by atoms with Crippen LogP contribution in [0.1, 0.15) is 63.9 Å². The number of anilines is 1. The molecule has 0 bridgehead atoms. The van der Waals surface area contributed by atoms with Gasteiger partial charge in [-0.25, -0.2) is 0 Å². The summed E-state index contributed by atoms with van der Waals surface area (Å²) < 4.78 is 1.58. The van der Waals surface area contributed by atoms with Crippen molar-refractivity contribution in [2.75, 3.05) is 5.32 Å². The molecular weight excluding hydrogens is 284 g/mol. The van der Waals surface area contributed by atoms with Gasteiger partial charge in [0.1, 0.15) is 10.8 Å². The molecule has 5 nitrogen and oxygen atoms in total. The lowest BCUT2D eigenvalue weighted by Gasteiger charge is -2.08. The third kappa shape index (κ3) is 6.25. The van der Waals surface area contributed by atoms with Gasteiger partial charge in [-0.15, -0.1) is 0 Å². The van der Waals surface area contributed by atoms with Crippen LogP contribution < -0.4 is 11.1 Å². The SMILES string of the molecule is CCCCCCCCCC(=O)Nc1c(C(N)=S)cnn1C. The molecule has 21 heavy (non-hydrogen) atoms. The lowest BCUT2D eigenvalue weighted by molar-refractivity contribution is -0.116. The number of hydrogen-bond acceptors (Lipinski definition) is 3. The van der Waals surface area contributed by atoms with Crippen LogP contribution in [0.5, 0.6) is 0 Å². The summed E-state index contributed by atoms with van der Waals surface area (Å²) in [5, 5.41) is 6.91. The standard InChI is InChI=1S/C15H26N4OS/c1-3-4-5-6-7-8-9-10-13(20)18-15-12(14(16)21)11-17-19(15)2/h11H,3-10H2,1-2H3,(H2,16,21)(H,18,20). The first-order valence-electron chi connectivity index (χ1n) is 7.68. The number of unbranched alkanes of at least 4 members (excludes halogenated alkanes) is 6. The maximum atomic E-state index is 11.9. The maximum absolute atomic E-state index is 11.9. The minimum Gasteiger partial charge on any atom is -0.389 e. The Balaban J connectivity index is 2.28. The second-order valence-electron chi connectivity index (χ2n) is 5.31. The van der Waals surface area contributed by atoms with Crippen molar-refractivity contribution >= 4 is 28.9 Å². The van der Waals surface area contributed by atoms with Gasteiger partial charge in [0, 0.05) is 13.5 Å². The van der Waals surface area contributed by atoms with E-state index in [1.54, 1.807) is 17.9 Å². The highest BCUT2D eigenvalue weighted by Crippen LogP contribution is 2.15. The molecule has 1 amide bonds. The number of carbonyl (C=O) groups is 1. The number of aromatic nitrogens is 2. The summed E-state index contributed by atoms with van der Waals surface area (Å²) in [6.45, 7) is 2.21. The number of aryl methyl sites for hydroxylation is 1. The fraction of sp³-hybridized carbons (Fsp3) is 0.667. The molecule has 0 spiro atoms. The van der Waals surface area contributed by atoms with Crippen LogP contribution >= 0.6 is 12.2 Å². The summed E-state index contributed by atoms with van der Waals surface area (Å²) in [5.74, 6) is 0.570. The molecule has 0 aromatic carbocycles. The van der Waals surface area contributed by atoms with Crippen LogP contribution in [0.25, 0.3) is 0 Å². The van der Waals surface area contributed by atoms with Crippen molar-refractivity contribution in [3.8, 4) is 0 Å². The summed E-state index contributed by atoms with van der Waals surface area (Å²) in [7, 11) is 1.76. The van der Waals surface area contributed by atoms with Crippen LogP contribution in [0.2, 0.25) is 0 Å². The summed E-state index contributed by atoms with van der Waals surface area (Å²) in [6, 6.07) is 0. The Hall–Kier alpha value is -1.43. The number of hydrogen-bond donors (Lipinski definition) is 2. The van der Waals surface area contributed by atoms with Crippen molar-refractivity contribution in [3.63, 3.8) is 0 Å². The molecule has 0 saturated carbocycles. The minimum atomic E-state index is -0.00958. The van der Waals surface area contributed by atoms with Gasteiger partial charge in [0.25, 0.3) is 0 Å². The monoisotopic (exact) mass is 310 g/mol. The molecule has 0 unspecified atom stereocenters. The van der Waals surface area contributed by atoms with E-state index in [9.17, 15) is 4.79 Å². The molecule has 0 saturated heterocycles. The van der Waals surface area contributed by atoms with Gasteiger partial charge in [-0.1, -0.05) is 57.7 Å². The molecule has 0 fully saturated rings. The van der Waals surface area contributed by atoms with Gasteiger partial charge in [0.2, 0.25) is 5.91 Å². The Bertz CT molecular complexity index is 470. The fourth-order valence-corrected chi connectivity index (χ4v) is 2.35. The molecule has 6 heteroatoms. The van der Waals surface area contributed by atoms with Crippen molar-refractivity contribution in [1.29, 1.82) is 0 Å². The predicted molar refractivity (Wildman–Crippen MR) is 90.3 cm³/mol. The molecule has 1 aromatic heterocycles. The summed E-state index contributed by atoms with van der Waals surface area (Å²) >= 11 is 4.95. The van der Waals surface area contributed by atoms with Gasteiger partial charge in [-0.05, 0) is 6.42 Å². The first-order chi connectivity index (χ1) is 10.1. The second kappa shape index (κ2) is 9.50. The van der Waals surface area contributed by atoms with Crippen LogP contribution in [0, 0.1) is 0 Å². The number of nitrogens with one attached hydrogen (secondary N) is 1. The van der Waals surface area contributed by atoms with Crippen LogP contribution in [-0.4, -0.2) is 20.7 Å². The third-order valence-electron chi connectivity index (χ3n) is 3.47. The average molecular weight is 310 g/mol. The maximum Gasteiger partial charge on any atom is 0.225 e. The van der Waals surface area contributed by atoms with E-state index in [2.05, 4.69) is 17.3 Å². The summed E-state index contributed by atoms with van der Waals surface area (Å²) in [5.41, 5.74) is 6.22. The zero-order valence-electron chi connectivity index (χ0n) is 13.0. The van der Waals surface area contributed by atoms with E-state index in [-0.39, 0.29) is 10.9 Å². The van der Waals surface area contributed by atoms with Gasteiger partial charge in [-0.2, -0.15) is 5.10 Å². The molecule has 1 heterocycles. The summed E-state index contributed by atoms with van der Waals surface area (Å²) in [6.07, 6.45) is 10.5. The molecule has 0 aliphatic rings. The van der Waals surface area contributed by atoms with E-state index >= 15 is 0 Å². The number of thiocarbonyl (C=S) groups is 1. The van der Waals surface area contributed by atoms with E-state index < -0.39 is 0 Å². The van der Waals surface area contributed by atoms with E-state index in [0.717, 1.165) is 12.8 Å². The van der Waals surface area contributed by atoms with E-state index in [0.29, 0.717) is 17.8 Å². The van der Waals surface area contributed by atoms with Gasteiger partial charge >= 0.3 is 0 Å². The lowest BCUT2D eigenvalue weighted by atomic mass is 10.1. The van der Waals surface area contributed by atoms with Crippen molar-refractivity contribution in [3.05, 3.63) is 11.8 Å². The molecule has 3 N–H and O–H groups in total. The molecule has 0 radical (unpaired) electrons. The zero-order valence-corrected chi connectivity index (χ0v) is 13.8. The molecule has 0 aliphatic carbocycles. The highest BCUT2D eigenvalue weighted by atomic mass is 32.1. The lowest BCUT2D eigenvalue weighted by Crippen LogP contribution is -2.18. The number of nitrogens with two attached hydrogens (primary N) is 1. The molecular formula is C15H26N4OS. The Morgan fingerprint density at radius 1 is 1.29 bits per heavy atom. The van der Waals surface area contributed by atoms with E-state index in [4.69, 9.17) is 18.0 Å². The third-order valence-corrected chi connectivity index (χ3v) is 3.69. The quantitative estimate of drug-likeness (QED) is 0.514. The Morgan fingerprint density at radius 2 is 1.90 bits per heavy atom. The molecule has 118 valence electrons. The zero-order chi connectivity index (χ0) is 15.7. The van der Waals surface area contributed by atoms with Crippen molar-refractivity contribution in [2.45, 2.75) is 58.3 Å². The van der Waals surface area contributed by atoms with Crippen molar-refractivity contribution in [2.24, 2.45) is 12.8 Å². The second-order valence-corrected chi connectivity index (χ2v) is 5.75. The normalized spacial score (nSPS) is 10.6. The minimum absolute atomic E-state index is 0.00958. The highest BCUT2D eigenvalue weighted by Gasteiger charge is 2.13. The number of amides is 1. The average Bonchev–Trinajstić information content (AvgIpc) is 2.79. The fourth-order valence-electron chi connectivity index (χ4n) is 2.20. The molecule has 0 aliphatic heterocycles. The molecule has 1 aromatic rings. The first-order valence-corrected chi connectivity index (χ1v) is 8.08. The predicted octanol–water partition coefficient (Wildman–Crippen LogP) is 3.13. The molecule has 0 atom stereocenters. The topological polar surface area (TPSA) is 72.9 Å². The molecule has 1 rings (SSSR count). The number of nitrogens with zero attached hydrogens (tertiary/aromatic N) is 2. The van der Waals surface area contributed by atoms with E-state index in [1.807, 2.05) is 0 Å². The Morgan fingerprint density at radius 3 is 2.52 bits per heavy atom. The van der Waals surface area contributed by atoms with Crippen LogP contribution in [-0.2, 0) is 11.8 Å². The van der Waals surface area contributed by atoms with Gasteiger partial charge in [-0.3, -0.25) is 9.48 Å². The van der Waals surface area contributed by atoms with Gasteiger partial charge in [0.15, 0.2) is 0 Å². The Labute approximate surface area is 132 Å². The summed E-state index contributed by atoms with van der Waals surface area (Å²) in [4.78, 5) is 12.2. The number of carbonyl (C=O) groups excluding carboxylic acids is 1. The van der Waals surface area contributed by atoms with Gasteiger partial charge < -0.3 is 11.1 Å². The van der Waals surface area contributed by atoms with Crippen LogP contribution in [0.15, 0.2) is 6.20 Å². The van der Waals surface area contributed by atoms with Crippen molar-refractivity contribution < 1.29 is 4.79 Å². The van der Waals surface area contributed by atoms with Gasteiger partial charge in [0.05, 0.1) is 11.8 Å². The Kier molecular flexibility index (Phi) is 7.97. The first kappa shape index (κ1) is 17.6. The highest BCUT2D eigenvalue weighted by molar-refractivity contribution is 7.80. The van der Waals surface area contributed by atoms with E-state index in [1.165, 1.54) is 32.1 Å². The largest absolute Gasteiger partial charge is 0.389 e.